The zero-order valence-electron chi connectivity index (χ0n) is 21.9. The van der Waals surface area contributed by atoms with Crippen molar-refractivity contribution in [2.24, 2.45) is 0 Å². The molecule has 2 heteroatoms. The van der Waals surface area contributed by atoms with Gasteiger partial charge in [-0.25, -0.2) is 0 Å². The number of rotatable bonds is 5. The second-order valence-electron chi connectivity index (χ2n) is 9.92. The highest BCUT2D eigenvalue weighted by Gasteiger charge is 2.14. The Bertz CT molecular complexity index is 2080. The van der Waals surface area contributed by atoms with Crippen molar-refractivity contribution >= 4 is 49.2 Å². The average Bonchev–Trinajstić information content (AvgIpc) is 3.52. The molecular formula is C37H28N2. The second kappa shape index (κ2) is 9.34. The van der Waals surface area contributed by atoms with Crippen LogP contribution in [0.2, 0.25) is 0 Å². The van der Waals surface area contributed by atoms with Gasteiger partial charge in [0.15, 0.2) is 0 Å². The highest BCUT2D eigenvalue weighted by Crippen LogP contribution is 2.36. The number of nitrogens with zero attached hydrogens (tertiary/aromatic N) is 1. The molecule has 7 rings (SSSR count). The lowest BCUT2D eigenvalue weighted by atomic mass is 10.0. The third-order valence-corrected chi connectivity index (χ3v) is 7.61. The molecule has 5 aromatic carbocycles. The number of benzene rings is 5. The quantitative estimate of drug-likeness (QED) is 0.227. The Labute approximate surface area is 227 Å². The van der Waals surface area contributed by atoms with E-state index in [4.69, 9.17) is 0 Å². The minimum atomic E-state index is 1.15. The van der Waals surface area contributed by atoms with E-state index in [-0.39, 0.29) is 0 Å². The molecule has 7 aromatic rings. The summed E-state index contributed by atoms with van der Waals surface area (Å²) >= 11 is 0. The second-order valence-corrected chi connectivity index (χ2v) is 9.92. The average molecular weight is 501 g/mol. The predicted octanol–water partition coefficient (Wildman–Crippen LogP) is 10.2. The predicted molar refractivity (Wildman–Crippen MR) is 169 cm³/mol. The number of hydrogen-bond donors (Lipinski definition) is 1. The van der Waals surface area contributed by atoms with Crippen LogP contribution in [-0.2, 0) is 0 Å². The van der Waals surface area contributed by atoms with E-state index < -0.39 is 0 Å². The Balaban J connectivity index is 1.38. The summed E-state index contributed by atoms with van der Waals surface area (Å²) in [6.07, 6.45) is 8.06. The van der Waals surface area contributed by atoms with Crippen molar-refractivity contribution in [3.8, 4) is 16.8 Å². The van der Waals surface area contributed by atoms with E-state index in [9.17, 15) is 0 Å². The van der Waals surface area contributed by atoms with Gasteiger partial charge in [0.2, 0.25) is 0 Å². The van der Waals surface area contributed by atoms with Gasteiger partial charge in [-0.2, -0.15) is 0 Å². The number of nitrogens with one attached hydrogen (secondary N) is 1. The molecule has 1 N–H and O–H groups in total. The van der Waals surface area contributed by atoms with Gasteiger partial charge in [-0.15, -0.1) is 0 Å². The van der Waals surface area contributed by atoms with Crippen LogP contribution in [0.15, 0.2) is 140 Å². The van der Waals surface area contributed by atoms with E-state index in [2.05, 4.69) is 137 Å². The summed E-state index contributed by atoms with van der Waals surface area (Å²) in [4.78, 5) is 3.54. The standard InChI is InChI=1S/C37H28N2/c1-3-9-25(10-4-2)26-15-19-29(20-16-26)39-36-14-8-6-12-31(36)33-24-28(18-22-37(33)39)27-17-21-35-32(23-27)30-11-5-7-13-34(30)38-35/h3-24,38H,1H2,2H3/b10-4-,25-9+. The van der Waals surface area contributed by atoms with Crippen molar-refractivity contribution < 1.29 is 0 Å². The van der Waals surface area contributed by atoms with Crippen LogP contribution < -0.4 is 0 Å². The van der Waals surface area contributed by atoms with Crippen LogP contribution in [-0.4, -0.2) is 9.55 Å². The molecule has 0 fully saturated rings. The van der Waals surface area contributed by atoms with Gasteiger partial charge in [0, 0.05) is 38.3 Å². The minimum Gasteiger partial charge on any atom is -0.355 e. The number of fused-ring (bicyclic) bond motifs is 6. The van der Waals surface area contributed by atoms with E-state index in [1.165, 1.54) is 60.3 Å². The van der Waals surface area contributed by atoms with E-state index in [0.717, 1.165) is 11.3 Å². The van der Waals surface area contributed by atoms with Crippen LogP contribution in [0.1, 0.15) is 12.5 Å². The van der Waals surface area contributed by atoms with Crippen molar-refractivity contribution in [2.75, 3.05) is 0 Å². The maximum absolute atomic E-state index is 3.87. The highest BCUT2D eigenvalue weighted by atomic mass is 15.0. The molecule has 0 radical (unpaired) electrons. The first-order valence-electron chi connectivity index (χ1n) is 13.4. The van der Waals surface area contributed by atoms with Gasteiger partial charge in [-0.05, 0) is 77.7 Å². The van der Waals surface area contributed by atoms with Gasteiger partial charge >= 0.3 is 0 Å². The fourth-order valence-electron chi connectivity index (χ4n) is 5.82. The van der Waals surface area contributed by atoms with Crippen LogP contribution in [0.3, 0.4) is 0 Å². The van der Waals surface area contributed by atoms with E-state index in [0.29, 0.717) is 0 Å². The zero-order chi connectivity index (χ0) is 26.3. The Kier molecular flexibility index (Phi) is 5.53. The van der Waals surface area contributed by atoms with Gasteiger partial charge in [0.05, 0.1) is 11.0 Å². The lowest BCUT2D eigenvalue weighted by Crippen LogP contribution is -1.94. The maximum atomic E-state index is 3.87. The SMILES string of the molecule is C=C/C=C(\C=C/C)c1ccc(-n2c3ccccc3c3cc(-c4ccc5[nH]c6ccccc6c5c4)ccc32)cc1. The summed E-state index contributed by atoms with van der Waals surface area (Å²) in [5.74, 6) is 0. The summed E-state index contributed by atoms with van der Waals surface area (Å²) < 4.78 is 2.37. The normalized spacial score (nSPS) is 12.4. The number of aromatic amines is 1. The summed E-state index contributed by atoms with van der Waals surface area (Å²) in [5, 5.41) is 5.03. The summed E-state index contributed by atoms with van der Waals surface area (Å²) in [5.41, 5.74) is 10.7. The van der Waals surface area contributed by atoms with Crippen molar-refractivity contribution in [1.29, 1.82) is 0 Å². The number of hydrogen-bond acceptors (Lipinski definition) is 0. The summed E-state index contributed by atoms with van der Waals surface area (Å²) in [6.45, 7) is 5.91. The van der Waals surface area contributed by atoms with Crippen LogP contribution in [0.4, 0.5) is 0 Å². The maximum Gasteiger partial charge on any atom is 0.0541 e. The van der Waals surface area contributed by atoms with Gasteiger partial charge < -0.3 is 9.55 Å². The smallest absolute Gasteiger partial charge is 0.0541 e. The number of aromatic nitrogens is 2. The van der Waals surface area contributed by atoms with E-state index >= 15 is 0 Å². The topological polar surface area (TPSA) is 20.7 Å². The van der Waals surface area contributed by atoms with E-state index in [1.807, 2.05) is 19.1 Å². The number of allylic oxidation sites excluding steroid dienone is 5. The third kappa shape index (κ3) is 3.81. The fourth-order valence-corrected chi connectivity index (χ4v) is 5.82. The Morgan fingerprint density at radius 3 is 2.13 bits per heavy atom. The lowest BCUT2D eigenvalue weighted by Gasteiger charge is -2.10. The number of H-pyrrole nitrogens is 1. The van der Waals surface area contributed by atoms with Gasteiger partial charge in [-0.3, -0.25) is 0 Å². The zero-order valence-corrected chi connectivity index (χ0v) is 21.9. The molecule has 0 unspecified atom stereocenters. The molecule has 0 spiro atoms. The molecule has 0 aliphatic rings. The third-order valence-electron chi connectivity index (χ3n) is 7.61. The molecule has 0 bridgehead atoms. The summed E-state index contributed by atoms with van der Waals surface area (Å²) in [7, 11) is 0. The van der Waals surface area contributed by atoms with Crippen molar-refractivity contribution in [3.05, 3.63) is 146 Å². The first-order valence-corrected chi connectivity index (χ1v) is 13.4. The van der Waals surface area contributed by atoms with Gasteiger partial charge in [0.1, 0.15) is 0 Å². The van der Waals surface area contributed by atoms with Crippen LogP contribution in [0, 0.1) is 0 Å². The lowest BCUT2D eigenvalue weighted by molar-refractivity contribution is 1.18. The van der Waals surface area contributed by atoms with Crippen LogP contribution in [0.25, 0.3) is 66.0 Å². The molecule has 0 amide bonds. The first kappa shape index (κ1) is 23.1. The fraction of sp³-hybridized carbons (Fsp3) is 0.0270. The molecule has 0 saturated heterocycles. The van der Waals surface area contributed by atoms with Gasteiger partial charge in [-0.1, -0.05) is 91.5 Å². The molecule has 39 heavy (non-hydrogen) atoms. The Morgan fingerprint density at radius 2 is 1.33 bits per heavy atom. The highest BCUT2D eigenvalue weighted by molar-refractivity contribution is 6.11. The summed E-state index contributed by atoms with van der Waals surface area (Å²) in [6, 6.07) is 39.6. The van der Waals surface area contributed by atoms with Crippen molar-refractivity contribution in [2.45, 2.75) is 6.92 Å². The Hall–Kier alpha value is -5.08. The largest absolute Gasteiger partial charge is 0.355 e. The number of para-hydroxylation sites is 2. The van der Waals surface area contributed by atoms with Crippen LogP contribution in [0.5, 0.6) is 0 Å². The molecule has 0 aliphatic carbocycles. The van der Waals surface area contributed by atoms with Crippen LogP contribution >= 0.6 is 0 Å². The Morgan fingerprint density at radius 1 is 0.667 bits per heavy atom. The monoisotopic (exact) mass is 500 g/mol. The first-order chi connectivity index (χ1) is 19.2. The molecule has 0 saturated carbocycles. The molecule has 0 aliphatic heterocycles. The molecule has 0 atom stereocenters. The molecule has 186 valence electrons. The minimum absolute atomic E-state index is 1.15. The van der Waals surface area contributed by atoms with E-state index in [1.54, 1.807) is 0 Å². The van der Waals surface area contributed by atoms with Crippen molar-refractivity contribution in [3.63, 3.8) is 0 Å². The van der Waals surface area contributed by atoms with Gasteiger partial charge in [0.25, 0.3) is 0 Å². The molecule has 2 aromatic heterocycles. The molecular weight excluding hydrogens is 472 g/mol. The molecule has 2 heterocycles. The van der Waals surface area contributed by atoms with Crippen molar-refractivity contribution in [1.82, 2.24) is 9.55 Å². The molecule has 2 nitrogen and oxygen atoms in total.